The SMILES string of the molecule is COc1cccc(NC(=O)CC2SC(N3N=C(c4ccc(C)cc4)CC3c3ccccc3Cl)=NC2=O)c1. The van der Waals surface area contributed by atoms with E-state index in [0.717, 1.165) is 16.8 Å². The predicted octanol–water partition coefficient (Wildman–Crippen LogP) is 5.83. The molecule has 0 saturated carbocycles. The van der Waals surface area contributed by atoms with E-state index in [9.17, 15) is 9.59 Å². The van der Waals surface area contributed by atoms with Gasteiger partial charge in [-0.15, -0.1) is 0 Å². The highest BCUT2D eigenvalue weighted by Gasteiger charge is 2.39. The number of hydrogen-bond acceptors (Lipinski definition) is 6. The lowest BCUT2D eigenvalue weighted by Gasteiger charge is -2.23. The molecule has 0 aliphatic carbocycles. The van der Waals surface area contributed by atoms with Gasteiger partial charge in [-0.2, -0.15) is 10.1 Å². The van der Waals surface area contributed by atoms with Gasteiger partial charge in [0.1, 0.15) is 11.0 Å². The first-order valence-electron chi connectivity index (χ1n) is 11.8. The third-order valence-electron chi connectivity index (χ3n) is 6.21. The monoisotopic (exact) mass is 532 g/mol. The first kappa shape index (κ1) is 25.0. The average Bonchev–Trinajstić information content (AvgIpc) is 3.48. The van der Waals surface area contributed by atoms with Crippen LogP contribution >= 0.6 is 23.4 Å². The van der Waals surface area contributed by atoms with Crippen molar-refractivity contribution in [3.05, 3.63) is 94.5 Å². The standard InChI is InChI=1S/C28H25ClN4O3S/c1-17-10-12-18(13-11-17)23-15-24(21-8-3-4-9-22(21)29)33(32-23)28-31-27(35)25(37-28)16-26(34)30-19-6-5-7-20(14-19)36-2/h3-14,24-25H,15-16H2,1-2H3,(H,30,34). The van der Waals surface area contributed by atoms with Crippen molar-refractivity contribution in [1.29, 1.82) is 0 Å². The predicted molar refractivity (Wildman–Crippen MR) is 148 cm³/mol. The fraction of sp³-hybridized carbons (Fsp3) is 0.214. The van der Waals surface area contributed by atoms with Gasteiger partial charge in [-0.05, 0) is 36.2 Å². The summed E-state index contributed by atoms with van der Waals surface area (Å²) in [6, 6.07) is 22.7. The molecule has 5 rings (SSSR count). The van der Waals surface area contributed by atoms with Gasteiger partial charge >= 0.3 is 0 Å². The second-order valence-electron chi connectivity index (χ2n) is 8.82. The van der Waals surface area contributed by atoms with E-state index in [2.05, 4.69) is 10.3 Å². The maximum Gasteiger partial charge on any atom is 0.262 e. The first-order chi connectivity index (χ1) is 17.9. The van der Waals surface area contributed by atoms with E-state index in [1.165, 1.54) is 17.3 Å². The van der Waals surface area contributed by atoms with Crippen molar-refractivity contribution < 1.29 is 14.3 Å². The number of amides is 2. The highest BCUT2D eigenvalue weighted by Crippen LogP contribution is 2.40. The van der Waals surface area contributed by atoms with Crippen molar-refractivity contribution >= 4 is 51.7 Å². The Morgan fingerprint density at radius 1 is 1.14 bits per heavy atom. The van der Waals surface area contributed by atoms with Crippen molar-refractivity contribution in [2.45, 2.75) is 31.1 Å². The zero-order valence-electron chi connectivity index (χ0n) is 20.3. The molecule has 1 N–H and O–H groups in total. The third kappa shape index (κ3) is 5.55. The van der Waals surface area contributed by atoms with Crippen LogP contribution < -0.4 is 10.1 Å². The van der Waals surface area contributed by atoms with Crippen LogP contribution in [-0.2, 0) is 9.59 Å². The molecule has 0 bridgehead atoms. The van der Waals surface area contributed by atoms with Crippen LogP contribution in [0, 0.1) is 6.92 Å². The zero-order chi connectivity index (χ0) is 25.9. The number of thioether (sulfide) groups is 1. The summed E-state index contributed by atoms with van der Waals surface area (Å²) in [5.74, 6) is 0.0118. The average molecular weight is 533 g/mol. The van der Waals surface area contributed by atoms with Gasteiger partial charge in [0.25, 0.3) is 5.91 Å². The third-order valence-corrected chi connectivity index (χ3v) is 7.69. The number of anilines is 1. The van der Waals surface area contributed by atoms with E-state index >= 15 is 0 Å². The van der Waals surface area contributed by atoms with E-state index in [0.29, 0.717) is 28.0 Å². The molecule has 2 amide bonds. The molecule has 0 radical (unpaired) electrons. The van der Waals surface area contributed by atoms with E-state index in [4.69, 9.17) is 21.4 Å². The maximum atomic E-state index is 12.8. The number of aryl methyl sites for hydroxylation is 1. The molecule has 0 saturated heterocycles. The maximum absolute atomic E-state index is 12.8. The lowest BCUT2D eigenvalue weighted by molar-refractivity contribution is -0.121. The number of ether oxygens (including phenoxy) is 1. The Morgan fingerprint density at radius 2 is 1.92 bits per heavy atom. The Labute approximate surface area is 224 Å². The Bertz CT molecular complexity index is 1410. The van der Waals surface area contributed by atoms with Gasteiger partial charge < -0.3 is 10.1 Å². The van der Waals surface area contributed by atoms with Crippen molar-refractivity contribution in [1.82, 2.24) is 5.01 Å². The largest absolute Gasteiger partial charge is 0.497 e. The molecule has 0 fully saturated rings. The summed E-state index contributed by atoms with van der Waals surface area (Å²) >= 11 is 7.82. The lowest BCUT2D eigenvalue weighted by atomic mass is 9.98. The van der Waals surface area contributed by atoms with Crippen molar-refractivity contribution in [3.63, 3.8) is 0 Å². The summed E-state index contributed by atoms with van der Waals surface area (Å²) in [5, 5.41) is 9.95. The Hall–Kier alpha value is -3.62. The van der Waals surface area contributed by atoms with Crippen LogP contribution in [-0.4, -0.2) is 40.1 Å². The second kappa shape index (κ2) is 10.8. The fourth-order valence-corrected chi connectivity index (χ4v) is 5.60. The number of amidine groups is 1. The molecule has 2 aliphatic heterocycles. The minimum Gasteiger partial charge on any atom is -0.497 e. The number of methoxy groups -OCH3 is 1. The number of carbonyl (C=O) groups excluding carboxylic acids is 2. The molecule has 0 spiro atoms. The Kier molecular flexibility index (Phi) is 7.30. The fourth-order valence-electron chi connectivity index (χ4n) is 4.28. The molecule has 2 heterocycles. The minimum atomic E-state index is -0.633. The van der Waals surface area contributed by atoms with Gasteiger partial charge in [0.15, 0.2) is 5.17 Å². The normalized spacial score (nSPS) is 19.0. The number of nitrogens with one attached hydrogen (secondary N) is 1. The number of aliphatic imine (C=N–C) groups is 1. The number of halogens is 1. The van der Waals surface area contributed by atoms with E-state index in [-0.39, 0.29) is 24.3 Å². The second-order valence-corrected chi connectivity index (χ2v) is 10.4. The Balaban J connectivity index is 1.35. The molecule has 188 valence electrons. The number of carbonyl (C=O) groups is 2. The van der Waals surface area contributed by atoms with Gasteiger partial charge in [0, 0.05) is 29.6 Å². The highest BCUT2D eigenvalue weighted by molar-refractivity contribution is 8.15. The summed E-state index contributed by atoms with van der Waals surface area (Å²) in [5.41, 5.74) is 4.57. The molecule has 0 aromatic heterocycles. The molecule has 37 heavy (non-hydrogen) atoms. The first-order valence-corrected chi connectivity index (χ1v) is 13.1. The zero-order valence-corrected chi connectivity index (χ0v) is 21.9. The van der Waals surface area contributed by atoms with Gasteiger partial charge in [0.05, 0.1) is 18.9 Å². The number of benzene rings is 3. The number of rotatable bonds is 6. The van der Waals surface area contributed by atoms with Crippen molar-refractivity contribution in [3.8, 4) is 5.75 Å². The van der Waals surface area contributed by atoms with E-state index in [1.807, 2.05) is 55.5 Å². The van der Waals surface area contributed by atoms with E-state index < -0.39 is 5.25 Å². The van der Waals surface area contributed by atoms with Gasteiger partial charge in [-0.25, -0.2) is 5.01 Å². The highest BCUT2D eigenvalue weighted by atomic mass is 35.5. The smallest absolute Gasteiger partial charge is 0.262 e. The quantitative estimate of drug-likeness (QED) is 0.431. The molecule has 3 aromatic rings. The topological polar surface area (TPSA) is 83.4 Å². The van der Waals surface area contributed by atoms with Crippen molar-refractivity contribution in [2.75, 3.05) is 12.4 Å². The van der Waals surface area contributed by atoms with Crippen molar-refractivity contribution in [2.24, 2.45) is 10.1 Å². The molecule has 3 aromatic carbocycles. The summed E-state index contributed by atoms with van der Waals surface area (Å²) in [6.07, 6.45) is 0.606. The van der Waals surface area contributed by atoms with E-state index in [1.54, 1.807) is 36.4 Å². The van der Waals surface area contributed by atoms with Crippen LogP contribution in [0.1, 0.15) is 35.6 Å². The van der Waals surface area contributed by atoms with Crippen LogP contribution in [0.3, 0.4) is 0 Å². The number of hydrogen-bond donors (Lipinski definition) is 1. The molecule has 7 nitrogen and oxygen atoms in total. The summed E-state index contributed by atoms with van der Waals surface area (Å²) < 4.78 is 5.20. The van der Waals surface area contributed by atoms with Crippen LogP contribution in [0.15, 0.2) is 82.9 Å². The molecule has 2 atom stereocenters. The molecular formula is C28H25ClN4O3S. The summed E-state index contributed by atoms with van der Waals surface area (Å²) in [6.45, 7) is 2.04. The van der Waals surface area contributed by atoms with Gasteiger partial charge in [-0.1, -0.05) is 77.5 Å². The molecule has 2 aliphatic rings. The minimum absolute atomic E-state index is 0.00710. The molecule has 9 heteroatoms. The van der Waals surface area contributed by atoms with Gasteiger partial charge in [-0.3, -0.25) is 9.59 Å². The van der Waals surface area contributed by atoms with Crippen LogP contribution in [0.2, 0.25) is 5.02 Å². The summed E-state index contributed by atoms with van der Waals surface area (Å²) in [4.78, 5) is 29.8. The molecule has 2 unspecified atom stereocenters. The molecular weight excluding hydrogens is 508 g/mol. The van der Waals surface area contributed by atoms with Crippen LogP contribution in [0.4, 0.5) is 5.69 Å². The number of hydrazone groups is 1. The van der Waals surface area contributed by atoms with Crippen LogP contribution in [0.25, 0.3) is 0 Å². The lowest BCUT2D eigenvalue weighted by Crippen LogP contribution is -2.25. The number of nitrogens with zero attached hydrogens (tertiary/aromatic N) is 3. The van der Waals surface area contributed by atoms with Gasteiger partial charge in [0.2, 0.25) is 5.91 Å². The van der Waals surface area contributed by atoms with Crippen LogP contribution in [0.5, 0.6) is 5.75 Å². The summed E-state index contributed by atoms with van der Waals surface area (Å²) in [7, 11) is 1.56. The Morgan fingerprint density at radius 3 is 2.68 bits per heavy atom.